The van der Waals surface area contributed by atoms with Gasteiger partial charge in [-0.2, -0.15) is 5.10 Å². The fraction of sp³-hybridized carbons (Fsp3) is 0.263. The van der Waals surface area contributed by atoms with E-state index in [2.05, 4.69) is 45.2 Å². The van der Waals surface area contributed by atoms with Crippen molar-refractivity contribution in [2.75, 3.05) is 24.6 Å². The number of hydrazone groups is 1. The van der Waals surface area contributed by atoms with Gasteiger partial charge in [0, 0.05) is 34.9 Å². The van der Waals surface area contributed by atoms with Gasteiger partial charge in [0.25, 0.3) is 5.91 Å². The van der Waals surface area contributed by atoms with Crippen LogP contribution in [0.2, 0.25) is 5.02 Å². The molecule has 0 spiro atoms. The van der Waals surface area contributed by atoms with Gasteiger partial charge in [-0.15, -0.1) is 0 Å². The molecule has 0 heterocycles. The molecule has 0 aliphatic rings. The number of nitrogens with one attached hydrogen (secondary N) is 1. The van der Waals surface area contributed by atoms with Crippen molar-refractivity contribution in [2.24, 2.45) is 5.10 Å². The lowest BCUT2D eigenvalue weighted by molar-refractivity contribution is -0.123. The van der Waals surface area contributed by atoms with Crippen molar-refractivity contribution in [3.63, 3.8) is 0 Å². The number of ether oxygens (including phenoxy) is 1. The zero-order chi connectivity index (χ0) is 19.8. The summed E-state index contributed by atoms with van der Waals surface area (Å²) in [6, 6.07) is 10.4. The normalized spacial score (nSPS) is 10.8. The highest BCUT2D eigenvalue weighted by molar-refractivity contribution is 9.10. The molecule has 0 radical (unpaired) electrons. The van der Waals surface area contributed by atoms with E-state index in [1.807, 2.05) is 6.07 Å². The number of amides is 1. The summed E-state index contributed by atoms with van der Waals surface area (Å²) in [6.45, 7) is 5.57. The molecule has 0 bridgehead atoms. The van der Waals surface area contributed by atoms with Crippen LogP contribution in [-0.4, -0.2) is 36.9 Å². The van der Waals surface area contributed by atoms with Gasteiger partial charge in [0.05, 0.1) is 11.2 Å². The van der Waals surface area contributed by atoms with Crippen LogP contribution in [0.4, 0.5) is 5.69 Å². The van der Waals surface area contributed by atoms with Crippen molar-refractivity contribution in [1.29, 1.82) is 0 Å². The number of halogens is 2. The Morgan fingerprint density at radius 2 is 2.04 bits per heavy atom. The second kappa shape index (κ2) is 10.2. The van der Waals surface area contributed by atoms with Crippen LogP contribution in [0.1, 0.15) is 19.4 Å². The van der Waals surface area contributed by atoms with E-state index in [1.54, 1.807) is 30.3 Å². The molecule has 0 atom stereocenters. The summed E-state index contributed by atoms with van der Waals surface area (Å²) in [5.74, 6) is 0.0587. The highest BCUT2D eigenvalue weighted by atomic mass is 79.9. The van der Waals surface area contributed by atoms with Gasteiger partial charge in [0.1, 0.15) is 11.5 Å². The van der Waals surface area contributed by atoms with Crippen LogP contribution in [0, 0.1) is 0 Å². The van der Waals surface area contributed by atoms with Gasteiger partial charge in [-0.05, 0) is 44.2 Å². The van der Waals surface area contributed by atoms with Crippen molar-refractivity contribution in [3.05, 3.63) is 51.5 Å². The Hall–Kier alpha value is -2.25. The predicted molar refractivity (Wildman–Crippen MR) is 112 cm³/mol. The number of carbonyl (C=O) groups is 1. The number of aromatic hydroxyl groups is 1. The third-order valence-corrected chi connectivity index (χ3v) is 4.58. The van der Waals surface area contributed by atoms with Gasteiger partial charge in [0.15, 0.2) is 6.61 Å². The second-order valence-corrected chi connectivity index (χ2v) is 6.89. The van der Waals surface area contributed by atoms with Crippen LogP contribution in [-0.2, 0) is 4.79 Å². The Morgan fingerprint density at radius 3 is 2.67 bits per heavy atom. The molecule has 2 N–H and O–H groups in total. The minimum absolute atomic E-state index is 0.0929. The number of rotatable bonds is 8. The van der Waals surface area contributed by atoms with E-state index >= 15 is 0 Å². The Kier molecular flexibility index (Phi) is 7.94. The van der Waals surface area contributed by atoms with Crippen LogP contribution in [0.15, 0.2) is 46.0 Å². The number of hydrogen-bond acceptors (Lipinski definition) is 5. The van der Waals surface area contributed by atoms with Crippen molar-refractivity contribution in [2.45, 2.75) is 13.8 Å². The molecule has 0 aliphatic carbocycles. The Balaban J connectivity index is 1.90. The molecule has 2 aromatic rings. The summed E-state index contributed by atoms with van der Waals surface area (Å²) in [4.78, 5) is 13.9. The first-order valence-electron chi connectivity index (χ1n) is 8.42. The molecule has 0 unspecified atom stereocenters. The van der Waals surface area contributed by atoms with E-state index in [0.717, 1.165) is 23.2 Å². The standard InChI is InChI=1S/C19H21BrClN3O3/c1-3-24(4-2)15-7-5-13(17(25)10-15)11-22-23-19(26)12-27-18-8-6-14(20)9-16(18)21/h5-11,25H,3-4,12H2,1-2H3,(H,23,26). The largest absolute Gasteiger partial charge is 0.507 e. The Morgan fingerprint density at radius 1 is 1.30 bits per heavy atom. The van der Waals surface area contributed by atoms with E-state index in [4.69, 9.17) is 16.3 Å². The lowest BCUT2D eigenvalue weighted by Gasteiger charge is -2.21. The Bertz CT molecular complexity index is 826. The number of hydrogen-bond donors (Lipinski definition) is 2. The summed E-state index contributed by atoms with van der Waals surface area (Å²) in [7, 11) is 0. The van der Waals surface area contributed by atoms with Gasteiger partial charge in [-0.25, -0.2) is 5.43 Å². The predicted octanol–water partition coefficient (Wildman–Crippen LogP) is 4.18. The molecule has 0 aliphatic heterocycles. The van der Waals surface area contributed by atoms with E-state index < -0.39 is 5.91 Å². The minimum Gasteiger partial charge on any atom is -0.507 e. The zero-order valence-corrected chi connectivity index (χ0v) is 17.4. The summed E-state index contributed by atoms with van der Waals surface area (Å²) in [5.41, 5.74) is 3.78. The average Bonchev–Trinajstić information content (AvgIpc) is 2.63. The smallest absolute Gasteiger partial charge is 0.277 e. The van der Waals surface area contributed by atoms with E-state index in [9.17, 15) is 9.90 Å². The second-order valence-electron chi connectivity index (χ2n) is 5.57. The van der Waals surface area contributed by atoms with Crippen LogP contribution in [0.3, 0.4) is 0 Å². The fourth-order valence-corrected chi connectivity index (χ4v) is 3.10. The lowest BCUT2D eigenvalue weighted by Crippen LogP contribution is -2.24. The van der Waals surface area contributed by atoms with Crippen molar-refractivity contribution < 1.29 is 14.6 Å². The van der Waals surface area contributed by atoms with E-state index in [1.165, 1.54) is 6.21 Å². The average molecular weight is 455 g/mol. The monoisotopic (exact) mass is 453 g/mol. The lowest BCUT2D eigenvalue weighted by atomic mass is 10.2. The molecule has 8 heteroatoms. The molecule has 0 saturated carbocycles. The number of phenolic OH excluding ortho intramolecular Hbond substituents is 1. The molecule has 1 amide bonds. The first-order valence-corrected chi connectivity index (χ1v) is 9.59. The quantitative estimate of drug-likeness (QED) is 0.463. The van der Waals surface area contributed by atoms with Gasteiger partial charge < -0.3 is 14.7 Å². The van der Waals surface area contributed by atoms with E-state index in [-0.39, 0.29) is 12.4 Å². The SMILES string of the molecule is CCN(CC)c1ccc(C=NNC(=O)COc2ccc(Br)cc2Cl)c(O)c1. The summed E-state index contributed by atoms with van der Waals surface area (Å²) in [5, 5.41) is 14.4. The van der Waals surface area contributed by atoms with Gasteiger partial charge in [-0.1, -0.05) is 27.5 Å². The van der Waals surface area contributed by atoms with Crippen molar-refractivity contribution >= 4 is 45.3 Å². The maximum absolute atomic E-state index is 11.8. The van der Waals surface area contributed by atoms with Crippen LogP contribution >= 0.6 is 27.5 Å². The number of carbonyl (C=O) groups excluding carboxylic acids is 1. The van der Waals surface area contributed by atoms with Gasteiger partial charge in [0.2, 0.25) is 0 Å². The summed E-state index contributed by atoms with van der Waals surface area (Å²) >= 11 is 9.32. The minimum atomic E-state index is -0.440. The first-order chi connectivity index (χ1) is 12.9. The molecule has 144 valence electrons. The van der Waals surface area contributed by atoms with Crippen LogP contribution in [0.25, 0.3) is 0 Å². The molecule has 27 heavy (non-hydrogen) atoms. The molecular formula is C19H21BrClN3O3. The maximum Gasteiger partial charge on any atom is 0.277 e. The Labute approximate surface area is 171 Å². The molecule has 2 rings (SSSR count). The highest BCUT2D eigenvalue weighted by Gasteiger charge is 2.07. The highest BCUT2D eigenvalue weighted by Crippen LogP contribution is 2.27. The number of benzene rings is 2. The van der Waals surface area contributed by atoms with Crippen LogP contribution < -0.4 is 15.1 Å². The van der Waals surface area contributed by atoms with Crippen LogP contribution in [0.5, 0.6) is 11.5 Å². The number of anilines is 1. The maximum atomic E-state index is 11.8. The molecule has 6 nitrogen and oxygen atoms in total. The summed E-state index contributed by atoms with van der Waals surface area (Å²) in [6.07, 6.45) is 1.38. The summed E-state index contributed by atoms with van der Waals surface area (Å²) < 4.78 is 6.17. The molecule has 0 saturated heterocycles. The van der Waals surface area contributed by atoms with Gasteiger partial charge in [-0.3, -0.25) is 4.79 Å². The zero-order valence-electron chi connectivity index (χ0n) is 15.1. The number of nitrogens with zero attached hydrogens (tertiary/aromatic N) is 2. The van der Waals surface area contributed by atoms with Gasteiger partial charge >= 0.3 is 0 Å². The number of phenols is 1. The molecule has 0 aromatic heterocycles. The van der Waals surface area contributed by atoms with Crippen molar-refractivity contribution in [3.8, 4) is 11.5 Å². The third kappa shape index (κ3) is 6.15. The topological polar surface area (TPSA) is 74.2 Å². The van der Waals surface area contributed by atoms with E-state index in [0.29, 0.717) is 16.3 Å². The molecule has 0 fully saturated rings. The molecular weight excluding hydrogens is 434 g/mol. The third-order valence-electron chi connectivity index (χ3n) is 3.79. The molecule has 2 aromatic carbocycles. The fourth-order valence-electron chi connectivity index (χ4n) is 2.37. The first kappa shape index (κ1) is 21.1. The van der Waals surface area contributed by atoms with Crippen molar-refractivity contribution in [1.82, 2.24) is 5.43 Å².